The lowest BCUT2D eigenvalue weighted by molar-refractivity contribution is 0.102. The molecule has 1 saturated heterocycles. The first kappa shape index (κ1) is 21.8. The van der Waals surface area contributed by atoms with Crippen LogP contribution in [0.4, 0.5) is 20.3 Å². The molecule has 36 heavy (non-hydrogen) atoms. The van der Waals surface area contributed by atoms with E-state index in [1.165, 1.54) is 18.6 Å². The van der Waals surface area contributed by atoms with E-state index in [0.29, 0.717) is 41.1 Å². The van der Waals surface area contributed by atoms with Crippen LogP contribution in [0.1, 0.15) is 34.8 Å². The zero-order valence-corrected chi connectivity index (χ0v) is 18.9. The van der Waals surface area contributed by atoms with Gasteiger partial charge in [-0.15, -0.1) is 0 Å². The molecule has 0 radical (unpaired) electrons. The Kier molecular flexibility index (Phi) is 5.36. The lowest BCUT2D eigenvalue weighted by atomic mass is 10.0. The van der Waals surface area contributed by atoms with Gasteiger partial charge in [-0.1, -0.05) is 0 Å². The van der Waals surface area contributed by atoms with Crippen LogP contribution in [-0.4, -0.2) is 41.8 Å². The fraction of sp³-hybridized carbons (Fsp3) is 0.160. The third-order valence-electron chi connectivity index (χ3n) is 6.32. The van der Waals surface area contributed by atoms with Crippen molar-refractivity contribution in [3.63, 3.8) is 0 Å². The number of anilines is 2. The van der Waals surface area contributed by atoms with E-state index in [4.69, 9.17) is 0 Å². The zero-order valence-electron chi connectivity index (χ0n) is 18.9. The maximum absolute atomic E-state index is 14.5. The number of pyridine rings is 2. The van der Waals surface area contributed by atoms with Crippen molar-refractivity contribution >= 4 is 22.9 Å². The Morgan fingerprint density at radius 1 is 1.03 bits per heavy atom. The maximum Gasteiger partial charge on any atom is 0.260 e. The molecule has 180 valence electrons. The van der Waals surface area contributed by atoms with E-state index < -0.39 is 11.6 Å². The van der Waals surface area contributed by atoms with Crippen LogP contribution in [0.25, 0.3) is 11.2 Å². The molecule has 1 unspecified atom stereocenters. The Morgan fingerprint density at radius 2 is 1.94 bits per heavy atom. The van der Waals surface area contributed by atoms with Crippen LogP contribution in [0.5, 0.6) is 0 Å². The summed E-state index contributed by atoms with van der Waals surface area (Å²) in [5.74, 6) is -0.884. The third kappa shape index (κ3) is 3.94. The van der Waals surface area contributed by atoms with Gasteiger partial charge in [-0.2, -0.15) is 10.2 Å². The molecule has 1 aliphatic rings. The molecule has 1 aromatic carbocycles. The number of carbonyl (C=O) groups is 1. The van der Waals surface area contributed by atoms with Gasteiger partial charge in [0.1, 0.15) is 30.1 Å². The van der Waals surface area contributed by atoms with Gasteiger partial charge in [-0.25, -0.2) is 27.9 Å². The molecule has 1 aliphatic heterocycles. The molecule has 4 aromatic heterocycles. The molecule has 11 heteroatoms. The van der Waals surface area contributed by atoms with Gasteiger partial charge in [-0.05, 0) is 55.3 Å². The minimum absolute atomic E-state index is 0.295. The monoisotopic (exact) mass is 486 g/mol. The Balaban J connectivity index is 1.27. The summed E-state index contributed by atoms with van der Waals surface area (Å²) in [5.41, 5.74) is 2.81. The van der Waals surface area contributed by atoms with Crippen molar-refractivity contribution in [3.05, 3.63) is 96.5 Å². The number of rotatable bonds is 5. The highest BCUT2D eigenvalue weighted by molar-refractivity contribution is 6.08. The topological polar surface area (TPSA) is 93.2 Å². The number of hydrogen-bond acceptors (Lipinski definition) is 6. The van der Waals surface area contributed by atoms with Crippen molar-refractivity contribution in [1.82, 2.24) is 29.4 Å². The molecule has 9 nitrogen and oxygen atoms in total. The first-order valence-corrected chi connectivity index (χ1v) is 11.4. The number of aromatic nitrogens is 6. The van der Waals surface area contributed by atoms with Crippen LogP contribution in [0.3, 0.4) is 0 Å². The van der Waals surface area contributed by atoms with E-state index in [-0.39, 0.29) is 11.9 Å². The van der Waals surface area contributed by atoms with Gasteiger partial charge in [0.2, 0.25) is 0 Å². The van der Waals surface area contributed by atoms with Crippen molar-refractivity contribution < 1.29 is 13.6 Å². The van der Waals surface area contributed by atoms with Gasteiger partial charge in [0.25, 0.3) is 5.91 Å². The van der Waals surface area contributed by atoms with Gasteiger partial charge in [-0.3, -0.25) is 4.79 Å². The molecule has 5 aromatic rings. The maximum atomic E-state index is 14.5. The summed E-state index contributed by atoms with van der Waals surface area (Å²) >= 11 is 0. The Bertz CT molecular complexity index is 1550. The first-order chi connectivity index (χ1) is 17.6. The molecule has 0 saturated carbocycles. The first-order valence-electron chi connectivity index (χ1n) is 11.4. The highest BCUT2D eigenvalue weighted by Gasteiger charge is 2.29. The lowest BCUT2D eigenvalue weighted by Crippen LogP contribution is -2.23. The van der Waals surface area contributed by atoms with E-state index in [9.17, 15) is 13.6 Å². The van der Waals surface area contributed by atoms with E-state index in [1.54, 1.807) is 40.1 Å². The molecule has 0 aliphatic carbocycles. The minimum atomic E-state index is -0.466. The zero-order chi connectivity index (χ0) is 24.6. The highest BCUT2D eigenvalue weighted by atomic mass is 19.1. The summed E-state index contributed by atoms with van der Waals surface area (Å²) in [6.07, 6.45) is 9.35. The summed E-state index contributed by atoms with van der Waals surface area (Å²) in [5, 5.41) is 11.1. The number of halogens is 2. The summed E-state index contributed by atoms with van der Waals surface area (Å²) in [4.78, 5) is 23.3. The van der Waals surface area contributed by atoms with Gasteiger partial charge >= 0.3 is 0 Å². The van der Waals surface area contributed by atoms with E-state index in [0.717, 1.165) is 24.2 Å². The second-order valence-corrected chi connectivity index (χ2v) is 8.49. The van der Waals surface area contributed by atoms with E-state index in [2.05, 4.69) is 25.5 Å². The lowest BCUT2D eigenvalue weighted by Gasteiger charge is -2.27. The van der Waals surface area contributed by atoms with Gasteiger partial charge < -0.3 is 10.2 Å². The van der Waals surface area contributed by atoms with Crippen LogP contribution in [0, 0.1) is 11.6 Å². The molecular formula is C25H20F2N8O. The van der Waals surface area contributed by atoms with Gasteiger partial charge in [0.15, 0.2) is 0 Å². The van der Waals surface area contributed by atoms with Crippen molar-refractivity contribution in [2.75, 3.05) is 16.8 Å². The second-order valence-electron chi connectivity index (χ2n) is 8.49. The Hall–Kier alpha value is -4.67. The average Bonchev–Trinajstić information content (AvgIpc) is 3.66. The van der Waals surface area contributed by atoms with Crippen molar-refractivity contribution in [2.24, 2.45) is 0 Å². The summed E-state index contributed by atoms with van der Waals surface area (Å²) in [6, 6.07) is 10.4. The van der Waals surface area contributed by atoms with Gasteiger partial charge in [0.05, 0.1) is 35.2 Å². The molecule has 1 N–H and O–H groups in total. The van der Waals surface area contributed by atoms with Crippen molar-refractivity contribution in [1.29, 1.82) is 0 Å². The molecular weight excluding hydrogens is 466 g/mol. The molecule has 0 spiro atoms. The smallest absolute Gasteiger partial charge is 0.260 e. The van der Waals surface area contributed by atoms with Crippen LogP contribution in [0.15, 0.2) is 73.7 Å². The van der Waals surface area contributed by atoms with Gasteiger partial charge in [0, 0.05) is 24.0 Å². The number of nitrogens with zero attached hydrogens (tertiary/aromatic N) is 7. The average molecular weight is 486 g/mol. The Morgan fingerprint density at radius 3 is 2.75 bits per heavy atom. The summed E-state index contributed by atoms with van der Waals surface area (Å²) in [6.45, 7) is 0.689. The predicted molar refractivity (Wildman–Crippen MR) is 128 cm³/mol. The standard InChI is InChI=1S/C25H20F2N8O/c26-16-3-5-21(27)19(10-16)22-2-1-8-33(22)17-7-9-34-23(11-17)20(13-30-34)25(36)32-24-6-4-18(12-29-24)35-15-28-14-31-35/h3-7,9-15,22H,1-2,8H2,(H,29,32,36). The highest BCUT2D eigenvalue weighted by Crippen LogP contribution is 2.38. The number of amides is 1. The van der Waals surface area contributed by atoms with E-state index in [1.807, 2.05) is 17.0 Å². The molecule has 1 amide bonds. The van der Waals surface area contributed by atoms with Crippen LogP contribution in [-0.2, 0) is 0 Å². The SMILES string of the molecule is O=C(Nc1ccc(-n2cncn2)cn1)c1cnn2ccc(N3CCCC3c3cc(F)ccc3F)cc12. The largest absolute Gasteiger partial charge is 0.364 e. The number of carbonyl (C=O) groups excluding carboxylic acids is 1. The second kappa shape index (κ2) is 8.84. The fourth-order valence-corrected chi connectivity index (χ4v) is 4.61. The molecule has 1 fully saturated rings. The summed E-state index contributed by atoms with van der Waals surface area (Å²) < 4.78 is 31.5. The van der Waals surface area contributed by atoms with E-state index >= 15 is 0 Å². The molecule has 0 bridgehead atoms. The number of nitrogens with one attached hydrogen (secondary N) is 1. The Labute approximate surface area is 204 Å². The normalized spacial score (nSPS) is 15.5. The number of hydrogen-bond donors (Lipinski definition) is 1. The van der Waals surface area contributed by atoms with Crippen LogP contribution in [0.2, 0.25) is 0 Å². The minimum Gasteiger partial charge on any atom is -0.364 e. The number of benzene rings is 1. The predicted octanol–water partition coefficient (Wildman–Crippen LogP) is 4.18. The quantitative estimate of drug-likeness (QED) is 0.401. The number of fused-ring (bicyclic) bond motifs is 1. The molecule has 1 atom stereocenters. The van der Waals surface area contributed by atoms with Crippen LogP contribution >= 0.6 is 0 Å². The third-order valence-corrected chi connectivity index (χ3v) is 6.32. The van der Waals surface area contributed by atoms with Crippen molar-refractivity contribution in [2.45, 2.75) is 18.9 Å². The molecule has 5 heterocycles. The van der Waals surface area contributed by atoms with Crippen LogP contribution < -0.4 is 10.2 Å². The summed E-state index contributed by atoms with van der Waals surface area (Å²) in [7, 11) is 0. The fourth-order valence-electron chi connectivity index (χ4n) is 4.61. The van der Waals surface area contributed by atoms with Crippen molar-refractivity contribution in [3.8, 4) is 5.69 Å². The molecule has 6 rings (SSSR count).